The van der Waals surface area contributed by atoms with Crippen molar-refractivity contribution in [2.75, 3.05) is 5.32 Å². The van der Waals surface area contributed by atoms with Gasteiger partial charge in [-0.2, -0.15) is 5.26 Å². The maximum atomic E-state index is 12.5. The van der Waals surface area contributed by atoms with Gasteiger partial charge in [-0.05, 0) is 44.0 Å². The van der Waals surface area contributed by atoms with Crippen LogP contribution in [-0.4, -0.2) is 16.8 Å². The quantitative estimate of drug-likeness (QED) is 0.583. The summed E-state index contributed by atoms with van der Waals surface area (Å²) in [6.45, 7) is 6.55. The molecule has 0 saturated carbocycles. The maximum Gasteiger partial charge on any atom is 0.267 e. The molecule has 0 radical (unpaired) electrons. The monoisotopic (exact) mass is 367 g/mol. The Labute approximate surface area is 159 Å². The molecule has 5 heteroatoms. The smallest absolute Gasteiger partial charge is 0.267 e. The van der Waals surface area contributed by atoms with Crippen LogP contribution in [-0.2, 0) is 11.3 Å². The number of nitrogens with one attached hydrogen (secondary N) is 1. The summed E-state index contributed by atoms with van der Waals surface area (Å²) < 4.78 is 0. The zero-order valence-electron chi connectivity index (χ0n) is 15.2. The van der Waals surface area contributed by atoms with Crippen LogP contribution in [0.1, 0.15) is 25.0 Å². The van der Waals surface area contributed by atoms with Gasteiger partial charge in [0.2, 0.25) is 0 Å². The van der Waals surface area contributed by atoms with E-state index < -0.39 is 5.91 Å². The molecule has 0 unspecified atom stereocenters. The van der Waals surface area contributed by atoms with Crippen LogP contribution in [0.25, 0.3) is 0 Å². The zero-order chi connectivity index (χ0) is 19.1. The highest BCUT2D eigenvalue weighted by Gasteiger charge is 2.14. The second kappa shape index (κ2) is 9.07. The first-order valence-electron chi connectivity index (χ1n) is 8.39. The van der Waals surface area contributed by atoms with Crippen molar-refractivity contribution in [3.63, 3.8) is 0 Å². The van der Waals surface area contributed by atoms with Crippen LogP contribution in [0, 0.1) is 18.3 Å². The third-order valence-corrected chi connectivity index (χ3v) is 4.37. The molecule has 0 bridgehead atoms. The van der Waals surface area contributed by atoms with Crippen molar-refractivity contribution in [3.05, 3.63) is 76.5 Å². The van der Waals surface area contributed by atoms with E-state index >= 15 is 0 Å². The molecule has 0 aromatic heterocycles. The number of hydrogen-bond donors (Lipinski definition) is 1. The number of hydrogen-bond acceptors (Lipinski definition) is 3. The van der Waals surface area contributed by atoms with Crippen LogP contribution in [0.15, 0.2) is 60.3 Å². The van der Waals surface area contributed by atoms with E-state index in [4.69, 9.17) is 11.6 Å². The Kier molecular flexibility index (Phi) is 6.82. The maximum absolute atomic E-state index is 12.5. The molecule has 0 heterocycles. The summed E-state index contributed by atoms with van der Waals surface area (Å²) in [5.74, 6) is -0.453. The summed E-state index contributed by atoms with van der Waals surface area (Å²) >= 11 is 6.09. The number of amides is 1. The zero-order valence-corrected chi connectivity index (χ0v) is 15.9. The second-order valence-corrected chi connectivity index (χ2v) is 6.73. The minimum atomic E-state index is -0.453. The van der Waals surface area contributed by atoms with E-state index in [1.165, 1.54) is 0 Å². The Morgan fingerprint density at radius 2 is 1.96 bits per heavy atom. The van der Waals surface area contributed by atoms with Crippen LogP contribution in [0.3, 0.4) is 0 Å². The average molecular weight is 368 g/mol. The summed E-state index contributed by atoms with van der Waals surface area (Å²) in [6.07, 6.45) is 1.61. The molecule has 2 aromatic rings. The first-order valence-corrected chi connectivity index (χ1v) is 8.77. The minimum Gasteiger partial charge on any atom is -0.369 e. The van der Waals surface area contributed by atoms with Gasteiger partial charge in [0.1, 0.15) is 11.6 Å². The fraction of sp³-hybridized carbons (Fsp3) is 0.238. The molecule has 0 fully saturated rings. The first-order chi connectivity index (χ1) is 12.4. The van der Waals surface area contributed by atoms with Crippen molar-refractivity contribution in [1.82, 2.24) is 4.90 Å². The van der Waals surface area contributed by atoms with Gasteiger partial charge in [0.25, 0.3) is 5.91 Å². The lowest BCUT2D eigenvalue weighted by molar-refractivity contribution is -0.112. The van der Waals surface area contributed by atoms with E-state index in [0.29, 0.717) is 17.3 Å². The predicted molar refractivity (Wildman–Crippen MR) is 106 cm³/mol. The third kappa shape index (κ3) is 5.37. The van der Waals surface area contributed by atoms with E-state index in [2.05, 4.69) is 5.32 Å². The number of halogens is 1. The van der Waals surface area contributed by atoms with Gasteiger partial charge in [-0.3, -0.25) is 4.79 Å². The highest BCUT2D eigenvalue weighted by molar-refractivity contribution is 6.31. The highest BCUT2D eigenvalue weighted by atomic mass is 35.5. The molecule has 0 saturated heterocycles. The fourth-order valence-corrected chi connectivity index (χ4v) is 2.53. The summed E-state index contributed by atoms with van der Waals surface area (Å²) in [5, 5.41) is 12.7. The van der Waals surface area contributed by atoms with Crippen LogP contribution < -0.4 is 5.32 Å². The van der Waals surface area contributed by atoms with Gasteiger partial charge in [0.15, 0.2) is 0 Å². The summed E-state index contributed by atoms with van der Waals surface area (Å²) in [5.41, 5.74) is 2.65. The topological polar surface area (TPSA) is 56.1 Å². The van der Waals surface area contributed by atoms with Crippen molar-refractivity contribution in [1.29, 1.82) is 5.26 Å². The molecule has 2 rings (SSSR count). The number of nitriles is 1. The molecule has 0 aliphatic carbocycles. The summed E-state index contributed by atoms with van der Waals surface area (Å²) in [6, 6.07) is 17.3. The molecule has 0 spiro atoms. The van der Waals surface area contributed by atoms with Crippen molar-refractivity contribution < 1.29 is 4.79 Å². The van der Waals surface area contributed by atoms with Gasteiger partial charge in [-0.25, -0.2) is 0 Å². The van der Waals surface area contributed by atoms with Gasteiger partial charge < -0.3 is 10.2 Å². The number of anilines is 1. The summed E-state index contributed by atoms with van der Waals surface area (Å²) in [7, 11) is 0. The Morgan fingerprint density at radius 3 is 2.54 bits per heavy atom. The van der Waals surface area contributed by atoms with E-state index in [9.17, 15) is 10.1 Å². The van der Waals surface area contributed by atoms with Gasteiger partial charge in [0, 0.05) is 29.5 Å². The van der Waals surface area contributed by atoms with Crippen LogP contribution in [0.2, 0.25) is 5.02 Å². The molecule has 1 N–H and O–H groups in total. The largest absolute Gasteiger partial charge is 0.369 e. The lowest BCUT2D eigenvalue weighted by Crippen LogP contribution is -2.27. The molecule has 0 aliphatic rings. The predicted octanol–water partition coefficient (Wildman–Crippen LogP) is 4.91. The molecule has 4 nitrogen and oxygen atoms in total. The number of carbonyl (C=O) groups is 1. The van der Waals surface area contributed by atoms with E-state index in [0.717, 1.165) is 11.1 Å². The third-order valence-electron chi connectivity index (χ3n) is 3.96. The molecular formula is C21H22ClN3O. The van der Waals surface area contributed by atoms with Crippen molar-refractivity contribution in [3.8, 4) is 6.07 Å². The van der Waals surface area contributed by atoms with Crippen molar-refractivity contribution in [2.24, 2.45) is 0 Å². The van der Waals surface area contributed by atoms with Crippen LogP contribution in [0.5, 0.6) is 0 Å². The first kappa shape index (κ1) is 19.6. The Morgan fingerprint density at radius 1 is 1.27 bits per heavy atom. The minimum absolute atomic E-state index is 0.0475. The number of benzene rings is 2. The van der Waals surface area contributed by atoms with E-state index in [1.54, 1.807) is 18.3 Å². The van der Waals surface area contributed by atoms with Gasteiger partial charge in [0.05, 0.1) is 0 Å². The average Bonchev–Trinajstić information content (AvgIpc) is 2.62. The van der Waals surface area contributed by atoms with Gasteiger partial charge in [-0.15, -0.1) is 0 Å². The van der Waals surface area contributed by atoms with Crippen LogP contribution >= 0.6 is 11.6 Å². The lowest BCUT2D eigenvalue weighted by atomic mass is 10.1. The van der Waals surface area contributed by atoms with E-state index in [1.807, 2.05) is 68.1 Å². The van der Waals surface area contributed by atoms with Crippen molar-refractivity contribution in [2.45, 2.75) is 33.4 Å². The molecule has 2 aromatic carbocycles. The Balaban J connectivity index is 2.18. The molecule has 26 heavy (non-hydrogen) atoms. The number of rotatable bonds is 6. The summed E-state index contributed by atoms with van der Waals surface area (Å²) in [4.78, 5) is 14.4. The van der Waals surface area contributed by atoms with E-state index in [-0.39, 0.29) is 11.6 Å². The Hall–Kier alpha value is -2.77. The Bertz CT molecular complexity index is 838. The molecule has 134 valence electrons. The number of carbonyl (C=O) groups excluding carboxylic acids is 1. The van der Waals surface area contributed by atoms with Crippen LogP contribution in [0.4, 0.5) is 5.69 Å². The number of aryl methyl sites for hydroxylation is 1. The number of nitrogens with zero attached hydrogens (tertiary/aromatic N) is 2. The highest BCUT2D eigenvalue weighted by Crippen LogP contribution is 2.20. The molecule has 1 amide bonds. The normalized spacial score (nSPS) is 11.2. The standard InChI is InChI=1S/C21H22ClN3O/c1-15(2)25(13-17-7-5-4-6-8-17)14-18(12-23)21(26)24-19-10-9-16(3)20(22)11-19/h4-11,14-15H,13H2,1-3H3,(H,24,26)/b18-14-. The SMILES string of the molecule is Cc1ccc(NC(=O)/C(C#N)=C\N(Cc2ccccc2)C(C)C)cc1Cl. The van der Waals surface area contributed by atoms with Crippen molar-refractivity contribution >= 4 is 23.2 Å². The molecule has 0 atom stereocenters. The fourth-order valence-electron chi connectivity index (χ4n) is 2.34. The molecule has 0 aliphatic heterocycles. The van der Waals surface area contributed by atoms with Gasteiger partial charge >= 0.3 is 0 Å². The molecular weight excluding hydrogens is 346 g/mol. The lowest BCUT2D eigenvalue weighted by Gasteiger charge is -2.25. The second-order valence-electron chi connectivity index (χ2n) is 6.32. The van der Waals surface area contributed by atoms with Gasteiger partial charge in [-0.1, -0.05) is 48.0 Å².